The highest BCUT2D eigenvalue weighted by Crippen LogP contribution is 2.30. The number of fused-ring (bicyclic) bond motifs is 1. The number of benzene rings is 1. The van der Waals surface area contributed by atoms with Crippen LogP contribution in [0.5, 0.6) is 0 Å². The van der Waals surface area contributed by atoms with Gasteiger partial charge in [0.2, 0.25) is 0 Å². The van der Waals surface area contributed by atoms with Crippen LogP contribution in [0.25, 0.3) is 11.0 Å². The van der Waals surface area contributed by atoms with Crippen LogP contribution in [0, 0.1) is 0 Å². The zero-order valence-electron chi connectivity index (χ0n) is 20.0. The van der Waals surface area contributed by atoms with E-state index < -0.39 is 11.2 Å². The summed E-state index contributed by atoms with van der Waals surface area (Å²) < 4.78 is 12.4. The molecule has 1 aromatic heterocycles. The van der Waals surface area contributed by atoms with Crippen LogP contribution in [0.4, 0.5) is 4.79 Å². The first kappa shape index (κ1) is 23.9. The van der Waals surface area contributed by atoms with Crippen molar-refractivity contribution in [2.75, 3.05) is 13.1 Å². The molecular weight excluding hydrogens is 410 g/mol. The maximum absolute atomic E-state index is 12.5. The van der Waals surface area contributed by atoms with Crippen LogP contribution in [0.15, 0.2) is 23.0 Å². The van der Waals surface area contributed by atoms with Crippen LogP contribution in [0.2, 0.25) is 0 Å². The molecule has 1 aromatic carbocycles. The Morgan fingerprint density at radius 2 is 1.66 bits per heavy atom. The number of amides is 1. The number of hydrogen-bond acceptors (Lipinski definition) is 5. The highest BCUT2D eigenvalue weighted by molar-refractivity contribution is 5.77. The number of ether oxygens (including phenoxy) is 2. The summed E-state index contributed by atoms with van der Waals surface area (Å²) in [7, 11) is 0. The van der Waals surface area contributed by atoms with Gasteiger partial charge >= 0.3 is 17.8 Å². The number of aryl methyl sites for hydroxylation is 1. The molecule has 0 bridgehead atoms. The molecule has 1 aliphatic heterocycles. The molecule has 1 aliphatic rings. The van der Waals surface area contributed by atoms with Crippen molar-refractivity contribution in [3.8, 4) is 0 Å². The zero-order chi connectivity index (χ0) is 23.7. The number of piperidine rings is 1. The van der Waals surface area contributed by atoms with Crippen molar-refractivity contribution < 1.29 is 19.1 Å². The first-order chi connectivity index (χ1) is 14.8. The number of aromatic amines is 1. The minimum atomic E-state index is -0.552. The Morgan fingerprint density at radius 3 is 2.25 bits per heavy atom. The van der Waals surface area contributed by atoms with E-state index in [9.17, 15) is 14.4 Å². The molecule has 2 heterocycles. The Bertz CT molecular complexity index is 1030. The van der Waals surface area contributed by atoms with Crippen LogP contribution >= 0.6 is 0 Å². The van der Waals surface area contributed by atoms with E-state index in [1.165, 1.54) is 0 Å². The van der Waals surface area contributed by atoms with Crippen molar-refractivity contribution in [1.82, 2.24) is 14.5 Å². The number of hydrogen-bond donors (Lipinski definition) is 1. The van der Waals surface area contributed by atoms with E-state index in [1.807, 2.05) is 59.7 Å². The Balaban J connectivity index is 1.69. The average molecular weight is 446 g/mol. The van der Waals surface area contributed by atoms with Gasteiger partial charge in [0.15, 0.2) is 0 Å². The standard InChI is InChI=1S/C24H35N3O5/c1-23(2,3)31-20(28)11-14-27-19-15-17(7-8-18(19)25-21(27)29)16-9-12-26(13-10-16)22(30)32-24(4,5)6/h7-8,15-16H,9-14H2,1-6H3,(H,25,29). The summed E-state index contributed by atoms with van der Waals surface area (Å²) in [6.07, 6.45) is 1.52. The molecule has 176 valence electrons. The fourth-order valence-corrected chi connectivity index (χ4v) is 3.96. The van der Waals surface area contributed by atoms with Gasteiger partial charge in [-0.15, -0.1) is 0 Å². The molecule has 8 heteroatoms. The highest BCUT2D eigenvalue weighted by atomic mass is 16.6. The molecule has 1 amide bonds. The molecule has 8 nitrogen and oxygen atoms in total. The van der Waals surface area contributed by atoms with Crippen molar-refractivity contribution in [1.29, 1.82) is 0 Å². The minimum absolute atomic E-state index is 0.128. The van der Waals surface area contributed by atoms with Gasteiger partial charge in [0, 0.05) is 19.6 Å². The molecule has 0 unspecified atom stereocenters. The Labute approximate surface area is 188 Å². The molecule has 0 spiro atoms. The fraction of sp³-hybridized carbons (Fsp3) is 0.625. The van der Waals surface area contributed by atoms with Gasteiger partial charge < -0.3 is 19.4 Å². The number of imidazole rings is 1. The van der Waals surface area contributed by atoms with Gasteiger partial charge in [-0.3, -0.25) is 9.36 Å². The van der Waals surface area contributed by atoms with Crippen molar-refractivity contribution in [3.05, 3.63) is 34.2 Å². The summed E-state index contributed by atoms with van der Waals surface area (Å²) in [5.41, 5.74) is 1.37. The number of nitrogens with zero attached hydrogens (tertiary/aromatic N) is 2. The molecule has 0 aliphatic carbocycles. The van der Waals surface area contributed by atoms with Crippen LogP contribution in [-0.4, -0.2) is 50.8 Å². The lowest BCUT2D eigenvalue weighted by Gasteiger charge is -2.33. The SMILES string of the molecule is CC(C)(C)OC(=O)CCn1c(=O)[nH]c2ccc(C3CCN(C(=O)OC(C)(C)C)CC3)cc21. The first-order valence-electron chi connectivity index (χ1n) is 11.2. The van der Waals surface area contributed by atoms with Crippen molar-refractivity contribution in [3.63, 3.8) is 0 Å². The average Bonchev–Trinajstić information content (AvgIpc) is 2.98. The number of H-pyrrole nitrogens is 1. The lowest BCUT2D eigenvalue weighted by Crippen LogP contribution is -2.41. The predicted octanol–water partition coefficient (Wildman–Crippen LogP) is 4.18. The number of carbonyl (C=O) groups excluding carboxylic acids is 2. The van der Waals surface area contributed by atoms with E-state index in [0.29, 0.717) is 19.0 Å². The van der Waals surface area contributed by atoms with Crippen molar-refractivity contribution in [2.24, 2.45) is 0 Å². The van der Waals surface area contributed by atoms with Crippen LogP contribution in [0.1, 0.15) is 72.3 Å². The Morgan fingerprint density at radius 1 is 1.03 bits per heavy atom. The summed E-state index contributed by atoms with van der Waals surface area (Å²) in [5, 5.41) is 0. The van der Waals surface area contributed by atoms with Gasteiger partial charge in [0.1, 0.15) is 11.2 Å². The van der Waals surface area contributed by atoms with Crippen LogP contribution in [0.3, 0.4) is 0 Å². The first-order valence-corrected chi connectivity index (χ1v) is 11.2. The van der Waals surface area contributed by atoms with Gasteiger partial charge in [0.05, 0.1) is 17.5 Å². The van der Waals surface area contributed by atoms with Crippen molar-refractivity contribution in [2.45, 2.75) is 84.5 Å². The van der Waals surface area contributed by atoms with Gasteiger partial charge in [-0.2, -0.15) is 0 Å². The normalized spacial score (nSPS) is 15.8. The molecule has 1 N–H and O–H groups in total. The van der Waals surface area contributed by atoms with E-state index in [-0.39, 0.29) is 30.7 Å². The quantitative estimate of drug-likeness (QED) is 0.713. The zero-order valence-corrected chi connectivity index (χ0v) is 20.0. The molecule has 1 saturated heterocycles. The lowest BCUT2D eigenvalue weighted by molar-refractivity contribution is -0.155. The van der Waals surface area contributed by atoms with E-state index in [0.717, 1.165) is 29.4 Å². The largest absolute Gasteiger partial charge is 0.460 e. The predicted molar refractivity (Wildman–Crippen MR) is 123 cm³/mol. The summed E-state index contributed by atoms with van der Waals surface area (Å²) in [4.78, 5) is 41.5. The number of nitrogens with one attached hydrogen (secondary N) is 1. The monoisotopic (exact) mass is 445 g/mol. The summed E-state index contributed by atoms with van der Waals surface area (Å²) in [6, 6.07) is 5.97. The van der Waals surface area contributed by atoms with E-state index >= 15 is 0 Å². The smallest absolute Gasteiger partial charge is 0.410 e. The molecule has 0 atom stereocenters. The second kappa shape index (κ2) is 9.00. The minimum Gasteiger partial charge on any atom is -0.460 e. The number of likely N-dealkylation sites (tertiary alicyclic amines) is 1. The third kappa shape index (κ3) is 6.14. The van der Waals surface area contributed by atoms with Gasteiger partial charge in [-0.25, -0.2) is 9.59 Å². The van der Waals surface area contributed by atoms with Crippen LogP contribution in [-0.2, 0) is 20.8 Å². The maximum atomic E-state index is 12.5. The second-order valence-corrected chi connectivity index (χ2v) is 10.4. The number of carbonyl (C=O) groups is 2. The van der Waals surface area contributed by atoms with Crippen molar-refractivity contribution >= 4 is 23.1 Å². The molecular formula is C24H35N3O5. The topological polar surface area (TPSA) is 93.6 Å². The lowest BCUT2D eigenvalue weighted by atomic mass is 9.89. The molecule has 0 saturated carbocycles. The summed E-state index contributed by atoms with van der Waals surface area (Å²) >= 11 is 0. The number of esters is 1. The molecule has 2 aromatic rings. The number of rotatable bonds is 4. The van der Waals surface area contributed by atoms with E-state index in [1.54, 1.807) is 9.47 Å². The summed E-state index contributed by atoms with van der Waals surface area (Å²) in [5.74, 6) is -0.0354. The molecule has 3 rings (SSSR count). The Kier molecular flexibility index (Phi) is 6.72. The third-order valence-corrected chi connectivity index (χ3v) is 5.38. The highest BCUT2D eigenvalue weighted by Gasteiger charge is 2.28. The maximum Gasteiger partial charge on any atom is 0.410 e. The van der Waals surface area contributed by atoms with Gasteiger partial charge in [0.25, 0.3) is 0 Å². The van der Waals surface area contributed by atoms with E-state index in [4.69, 9.17) is 9.47 Å². The van der Waals surface area contributed by atoms with Gasteiger partial charge in [-0.05, 0) is 78.0 Å². The van der Waals surface area contributed by atoms with Gasteiger partial charge in [-0.1, -0.05) is 6.07 Å². The molecule has 0 radical (unpaired) electrons. The number of aromatic nitrogens is 2. The summed E-state index contributed by atoms with van der Waals surface area (Å²) in [6.45, 7) is 12.6. The fourth-order valence-electron chi connectivity index (χ4n) is 3.96. The molecule has 32 heavy (non-hydrogen) atoms. The second-order valence-electron chi connectivity index (χ2n) is 10.4. The van der Waals surface area contributed by atoms with Crippen LogP contribution < -0.4 is 5.69 Å². The third-order valence-electron chi connectivity index (χ3n) is 5.38. The van der Waals surface area contributed by atoms with E-state index in [2.05, 4.69) is 4.98 Å². The molecule has 1 fully saturated rings. The Hall–Kier alpha value is -2.77.